The van der Waals surface area contributed by atoms with Crippen LogP contribution in [0.4, 0.5) is 34.1 Å². The largest absolute Gasteiger partial charge is 0.310 e. The maximum atomic E-state index is 2.43. The molecule has 0 atom stereocenters. The predicted octanol–water partition coefficient (Wildman–Crippen LogP) is 22.4. The minimum absolute atomic E-state index is 0.108. The highest BCUT2D eigenvalue weighted by atomic mass is 32.1. The van der Waals surface area contributed by atoms with Gasteiger partial charge in [0.2, 0.25) is 0 Å². The molecule has 0 amide bonds. The number of hydrogen-bond donors (Lipinski definition) is 0. The second-order valence-electron chi connectivity index (χ2n) is 22.1. The summed E-state index contributed by atoms with van der Waals surface area (Å²) < 4.78 is 5.47. The van der Waals surface area contributed by atoms with E-state index >= 15 is 0 Å². The maximum Gasteiger partial charge on any atom is 0.0636 e. The number of nitrogens with zero attached hydrogens (tertiary/aromatic N) is 2. The lowest BCUT2D eigenvalue weighted by Gasteiger charge is -2.28. The van der Waals surface area contributed by atoms with Gasteiger partial charge in [-0.05, 0) is 151 Å². The van der Waals surface area contributed by atoms with Gasteiger partial charge in [-0.1, -0.05) is 198 Å². The topological polar surface area (TPSA) is 6.48 Å². The lowest BCUT2D eigenvalue weighted by atomic mass is 9.82. The Kier molecular flexibility index (Phi) is 11.2. The van der Waals surface area contributed by atoms with Gasteiger partial charge in [0.05, 0.1) is 18.8 Å². The van der Waals surface area contributed by atoms with Crippen molar-refractivity contribution in [2.24, 2.45) is 0 Å². The molecule has 378 valence electrons. The van der Waals surface area contributed by atoms with Crippen molar-refractivity contribution in [3.05, 3.63) is 276 Å². The van der Waals surface area contributed by atoms with Crippen molar-refractivity contribution in [2.75, 3.05) is 9.80 Å². The quantitative estimate of drug-likeness (QED) is 0.135. The second kappa shape index (κ2) is 18.5. The number of benzene rings is 10. The summed E-state index contributed by atoms with van der Waals surface area (Å²) in [7, 11) is 0. The Bertz CT molecular complexity index is 4160. The summed E-state index contributed by atoms with van der Waals surface area (Å²) in [5.41, 5.74) is 27.3. The summed E-state index contributed by atoms with van der Waals surface area (Å²) in [6.07, 6.45) is 0. The van der Waals surface area contributed by atoms with Gasteiger partial charge >= 0.3 is 0 Å². The Labute approximate surface area is 474 Å². The molecule has 79 heavy (non-hydrogen) atoms. The van der Waals surface area contributed by atoms with Gasteiger partial charge in [-0.3, -0.25) is 0 Å². The number of hydrogen-bond acceptors (Lipinski definition) is 5. The molecular weight excluding hydrogens is 1010 g/mol. The Hall–Kier alpha value is -8.58. The zero-order valence-corrected chi connectivity index (χ0v) is 46.8. The van der Waals surface area contributed by atoms with Crippen molar-refractivity contribution in [2.45, 2.75) is 38.5 Å². The molecule has 2 aliphatic carbocycles. The van der Waals surface area contributed by atoms with Gasteiger partial charge in [-0.25, -0.2) is 0 Å². The first-order valence-corrected chi connectivity index (χ1v) is 29.8. The lowest BCUT2D eigenvalue weighted by Crippen LogP contribution is -2.16. The Morgan fingerprint density at radius 2 is 0.557 bits per heavy atom. The predicted molar refractivity (Wildman–Crippen MR) is 341 cm³/mol. The van der Waals surface area contributed by atoms with Crippen molar-refractivity contribution in [3.63, 3.8) is 0 Å². The first-order chi connectivity index (χ1) is 38.7. The van der Waals surface area contributed by atoms with E-state index in [2.05, 4.69) is 291 Å². The van der Waals surface area contributed by atoms with Crippen LogP contribution in [0.5, 0.6) is 0 Å². The molecule has 13 aromatic rings. The van der Waals surface area contributed by atoms with Gasteiger partial charge in [0.1, 0.15) is 0 Å². The molecule has 10 aromatic carbocycles. The average molecular weight is 1070 g/mol. The van der Waals surface area contributed by atoms with Crippen LogP contribution >= 0.6 is 34.0 Å². The van der Waals surface area contributed by atoms with Crippen LogP contribution in [0.1, 0.15) is 49.9 Å². The highest BCUT2D eigenvalue weighted by Gasteiger charge is 2.37. The molecule has 0 bridgehead atoms. The zero-order chi connectivity index (χ0) is 53.0. The summed E-state index contributed by atoms with van der Waals surface area (Å²) in [6, 6.07) is 89.8. The summed E-state index contributed by atoms with van der Waals surface area (Å²) in [5.74, 6) is 0. The smallest absolute Gasteiger partial charge is 0.0636 e. The third kappa shape index (κ3) is 7.78. The number of thiophene rings is 3. The molecule has 3 heterocycles. The van der Waals surface area contributed by atoms with Gasteiger partial charge in [0, 0.05) is 66.8 Å². The molecule has 0 N–H and O–H groups in total. The van der Waals surface area contributed by atoms with E-state index in [1.165, 1.54) is 108 Å². The standard InChI is InChI=1S/C74H54N2S3/c1-73(2)65-21-13-11-19-59(65)61-41-39-57(43-67(61)73)75(53-31-23-49(24-32-53)47-15-7-5-8-16-47)55-35-27-51(28-36-55)63-45-77-71-69(63)79-70-64(46-78-72(70)71)52-29-37-56(38-30-52)76(54-33-25-50(26-34-54)48-17-9-6-10-18-48)58-40-42-62-60-20-12-14-22-66(60)74(3,4)68(62)44-58/h5-46H,1-4H3. The molecule has 0 saturated carbocycles. The van der Waals surface area contributed by atoms with Crippen LogP contribution in [0.25, 0.3) is 85.6 Å². The van der Waals surface area contributed by atoms with Crippen LogP contribution in [-0.2, 0) is 10.8 Å². The third-order valence-corrected chi connectivity index (χ3v) is 20.5. The van der Waals surface area contributed by atoms with E-state index in [0.29, 0.717) is 0 Å². The monoisotopic (exact) mass is 1070 g/mol. The molecule has 15 rings (SSSR count). The summed E-state index contributed by atoms with van der Waals surface area (Å²) in [4.78, 5) is 4.85. The van der Waals surface area contributed by atoms with Crippen LogP contribution in [0.3, 0.4) is 0 Å². The van der Waals surface area contributed by atoms with E-state index in [9.17, 15) is 0 Å². The number of fused-ring (bicyclic) bond motifs is 9. The second-order valence-corrected chi connectivity index (χ2v) is 24.9. The highest BCUT2D eigenvalue weighted by molar-refractivity contribution is 7.38. The molecule has 0 spiro atoms. The molecule has 0 radical (unpaired) electrons. The molecule has 0 saturated heterocycles. The minimum atomic E-state index is -0.108. The SMILES string of the molecule is CC1(C)c2ccccc2-c2ccc(N(c3ccc(-c4ccccc4)cc3)c3ccc(-c4csc5c4sc4c(-c6ccc(N(c7ccc(-c8ccccc8)cc7)c7ccc8c(c7)C(C)(C)c7ccccc7-8)cc6)csc45)cc3)cc21. The molecule has 2 nitrogen and oxygen atoms in total. The highest BCUT2D eigenvalue weighted by Crippen LogP contribution is 2.54. The summed E-state index contributed by atoms with van der Waals surface area (Å²) >= 11 is 5.68. The molecule has 3 aromatic heterocycles. The Morgan fingerprint density at radius 3 is 0.937 bits per heavy atom. The molecular formula is C74H54N2S3. The maximum absolute atomic E-state index is 2.43. The van der Waals surface area contributed by atoms with Gasteiger partial charge in [-0.15, -0.1) is 34.0 Å². The van der Waals surface area contributed by atoms with Crippen molar-refractivity contribution < 1.29 is 0 Å². The van der Waals surface area contributed by atoms with E-state index in [4.69, 9.17) is 0 Å². The molecule has 0 unspecified atom stereocenters. The van der Waals surface area contributed by atoms with E-state index in [1.807, 2.05) is 34.0 Å². The first-order valence-electron chi connectivity index (χ1n) is 27.2. The Morgan fingerprint density at radius 1 is 0.253 bits per heavy atom. The van der Waals surface area contributed by atoms with Gasteiger partial charge in [-0.2, -0.15) is 0 Å². The van der Waals surface area contributed by atoms with Crippen LogP contribution in [0, 0.1) is 0 Å². The van der Waals surface area contributed by atoms with E-state index in [1.54, 1.807) is 0 Å². The average Bonchev–Trinajstić information content (AvgIpc) is 4.38. The third-order valence-electron chi connectivity index (χ3n) is 16.9. The number of rotatable bonds is 10. The van der Waals surface area contributed by atoms with Crippen LogP contribution in [0.2, 0.25) is 0 Å². The fourth-order valence-corrected chi connectivity index (χ4v) is 16.8. The zero-order valence-electron chi connectivity index (χ0n) is 44.4. The van der Waals surface area contributed by atoms with Gasteiger partial charge in [0.15, 0.2) is 0 Å². The van der Waals surface area contributed by atoms with Crippen molar-refractivity contribution in [3.8, 4) is 66.8 Å². The first kappa shape index (κ1) is 47.6. The van der Waals surface area contributed by atoms with Crippen molar-refractivity contribution >= 4 is 86.9 Å². The minimum Gasteiger partial charge on any atom is -0.310 e. The number of anilines is 6. The molecule has 5 heteroatoms. The normalized spacial score (nSPS) is 13.5. The fourth-order valence-electron chi connectivity index (χ4n) is 12.7. The van der Waals surface area contributed by atoms with E-state index in [-0.39, 0.29) is 10.8 Å². The summed E-state index contributed by atoms with van der Waals surface area (Å²) in [6.45, 7) is 9.45. The van der Waals surface area contributed by atoms with E-state index in [0.717, 1.165) is 34.1 Å². The van der Waals surface area contributed by atoms with Crippen molar-refractivity contribution in [1.29, 1.82) is 0 Å². The van der Waals surface area contributed by atoms with Crippen LogP contribution in [-0.4, -0.2) is 0 Å². The van der Waals surface area contributed by atoms with E-state index < -0.39 is 0 Å². The molecule has 0 aliphatic heterocycles. The van der Waals surface area contributed by atoms with Crippen molar-refractivity contribution in [1.82, 2.24) is 0 Å². The lowest BCUT2D eigenvalue weighted by molar-refractivity contribution is 0.660. The van der Waals surface area contributed by atoms with Crippen LogP contribution in [0.15, 0.2) is 253 Å². The summed E-state index contributed by atoms with van der Waals surface area (Å²) in [5, 5.41) is 4.73. The fraction of sp³-hybridized carbons (Fsp3) is 0.0811. The molecule has 0 fully saturated rings. The van der Waals surface area contributed by atoms with Gasteiger partial charge in [0.25, 0.3) is 0 Å². The van der Waals surface area contributed by atoms with Crippen LogP contribution < -0.4 is 9.80 Å². The molecule has 2 aliphatic rings. The Balaban J connectivity index is 0.763. The van der Waals surface area contributed by atoms with Gasteiger partial charge < -0.3 is 9.80 Å².